The Labute approximate surface area is 165 Å². The SMILES string of the molecule is CCOc1ccccc1-n1nnnc1SCC(=O)Nc1cccc(SC)c1. The number of ether oxygens (including phenoxy) is 1. The highest BCUT2D eigenvalue weighted by Gasteiger charge is 2.15. The maximum Gasteiger partial charge on any atom is 0.234 e. The van der Waals surface area contributed by atoms with Gasteiger partial charge in [0.05, 0.1) is 12.4 Å². The zero-order valence-electron chi connectivity index (χ0n) is 15.0. The monoisotopic (exact) mass is 401 g/mol. The average molecular weight is 402 g/mol. The van der Waals surface area contributed by atoms with Crippen molar-refractivity contribution in [3.05, 3.63) is 48.5 Å². The van der Waals surface area contributed by atoms with Crippen LogP contribution in [-0.4, -0.2) is 44.7 Å². The van der Waals surface area contributed by atoms with Crippen LogP contribution in [0, 0.1) is 0 Å². The van der Waals surface area contributed by atoms with Gasteiger partial charge in [0.25, 0.3) is 0 Å². The molecule has 2 aromatic carbocycles. The number of thioether (sulfide) groups is 2. The molecule has 0 radical (unpaired) electrons. The second-order valence-electron chi connectivity index (χ2n) is 5.34. The van der Waals surface area contributed by atoms with Crippen LogP contribution in [0.1, 0.15) is 6.92 Å². The lowest BCUT2D eigenvalue weighted by Gasteiger charge is -2.10. The highest BCUT2D eigenvalue weighted by Crippen LogP contribution is 2.26. The molecule has 0 unspecified atom stereocenters. The molecule has 1 N–H and O–H groups in total. The number of para-hydroxylation sites is 2. The number of hydrogen-bond acceptors (Lipinski definition) is 7. The van der Waals surface area contributed by atoms with Gasteiger partial charge in [-0.3, -0.25) is 4.79 Å². The molecular weight excluding hydrogens is 382 g/mol. The summed E-state index contributed by atoms with van der Waals surface area (Å²) in [4.78, 5) is 13.4. The third-order valence-corrected chi connectivity index (χ3v) is 5.16. The van der Waals surface area contributed by atoms with Crippen LogP contribution in [0.2, 0.25) is 0 Å². The van der Waals surface area contributed by atoms with Gasteiger partial charge < -0.3 is 10.1 Å². The minimum atomic E-state index is -0.120. The molecule has 0 aliphatic heterocycles. The lowest BCUT2D eigenvalue weighted by atomic mass is 10.3. The molecule has 0 atom stereocenters. The Kier molecular flexibility index (Phi) is 6.72. The average Bonchev–Trinajstić information content (AvgIpc) is 3.15. The van der Waals surface area contributed by atoms with E-state index in [2.05, 4.69) is 20.8 Å². The van der Waals surface area contributed by atoms with Crippen LogP contribution in [0.15, 0.2) is 58.6 Å². The van der Waals surface area contributed by atoms with Gasteiger partial charge >= 0.3 is 0 Å². The maximum atomic E-state index is 12.3. The van der Waals surface area contributed by atoms with Crippen molar-refractivity contribution < 1.29 is 9.53 Å². The molecule has 140 valence electrons. The molecule has 0 saturated carbocycles. The van der Waals surface area contributed by atoms with Gasteiger partial charge in [0, 0.05) is 10.6 Å². The zero-order valence-corrected chi connectivity index (χ0v) is 16.6. The molecule has 1 amide bonds. The van der Waals surface area contributed by atoms with Gasteiger partial charge in [0.1, 0.15) is 11.4 Å². The molecule has 3 rings (SSSR count). The van der Waals surface area contributed by atoms with Gasteiger partial charge in [-0.2, -0.15) is 4.68 Å². The highest BCUT2D eigenvalue weighted by atomic mass is 32.2. The van der Waals surface area contributed by atoms with E-state index in [0.717, 1.165) is 16.3 Å². The van der Waals surface area contributed by atoms with Crippen molar-refractivity contribution in [1.29, 1.82) is 0 Å². The minimum Gasteiger partial charge on any atom is -0.492 e. The molecule has 0 aliphatic rings. The standard InChI is InChI=1S/C18H19N5O2S2/c1-3-25-16-10-5-4-9-15(16)23-18(20-21-22-23)27-12-17(24)19-13-7-6-8-14(11-13)26-2/h4-11H,3,12H2,1-2H3,(H,19,24). The van der Waals surface area contributed by atoms with Gasteiger partial charge in [0.2, 0.25) is 11.1 Å². The normalized spacial score (nSPS) is 10.6. The number of carbonyl (C=O) groups excluding carboxylic acids is 1. The van der Waals surface area contributed by atoms with Crippen molar-refractivity contribution in [3.8, 4) is 11.4 Å². The Balaban J connectivity index is 1.67. The van der Waals surface area contributed by atoms with Gasteiger partial charge in [0.15, 0.2) is 0 Å². The molecule has 0 aliphatic carbocycles. The fourth-order valence-electron chi connectivity index (χ4n) is 2.36. The number of tetrazole rings is 1. The lowest BCUT2D eigenvalue weighted by molar-refractivity contribution is -0.113. The Bertz CT molecular complexity index is 916. The number of nitrogens with zero attached hydrogens (tertiary/aromatic N) is 4. The second kappa shape index (κ2) is 9.43. The number of hydrogen-bond donors (Lipinski definition) is 1. The van der Waals surface area contributed by atoms with E-state index < -0.39 is 0 Å². The molecule has 0 saturated heterocycles. The summed E-state index contributed by atoms with van der Waals surface area (Å²) in [5.41, 5.74) is 1.51. The second-order valence-corrected chi connectivity index (χ2v) is 7.16. The van der Waals surface area contributed by atoms with E-state index in [4.69, 9.17) is 4.74 Å². The predicted octanol–water partition coefficient (Wildman–Crippen LogP) is 3.51. The van der Waals surface area contributed by atoms with E-state index in [0.29, 0.717) is 17.5 Å². The third kappa shape index (κ3) is 5.01. The third-order valence-electron chi connectivity index (χ3n) is 3.52. The number of amides is 1. The zero-order chi connectivity index (χ0) is 19.1. The summed E-state index contributed by atoms with van der Waals surface area (Å²) in [6.07, 6.45) is 2.00. The quantitative estimate of drug-likeness (QED) is 0.578. The molecule has 3 aromatic rings. The smallest absolute Gasteiger partial charge is 0.234 e. The summed E-state index contributed by atoms with van der Waals surface area (Å²) in [7, 11) is 0. The van der Waals surface area contributed by atoms with Gasteiger partial charge in [-0.05, 0) is 53.9 Å². The largest absolute Gasteiger partial charge is 0.492 e. The van der Waals surface area contributed by atoms with Crippen molar-refractivity contribution in [1.82, 2.24) is 20.2 Å². The molecule has 9 heteroatoms. The van der Waals surface area contributed by atoms with Gasteiger partial charge in [-0.15, -0.1) is 16.9 Å². The summed E-state index contributed by atoms with van der Waals surface area (Å²) in [5.74, 6) is 0.763. The predicted molar refractivity (Wildman–Crippen MR) is 108 cm³/mol. The first-order chi connectivity index (χ1) is 13.2. The fourth-order valence-corrected chi connectivity index (χ4v) is 3.50. The van der Waals surface area contributed by atoms with Crippen LogP contribution in [0.3, 0.4) is 0 Å². The summed E-state index contributed by atoms with van der Waals surface area (Å²) in [5, 5.41) is 15.2. The Morgan fingerprint density at radius 2 is 2.07 bits per heavy atom. The van der Waals surface area contributed by atoms with Crippen LogP contribution < -0.4 is 10.1 Å². The molecule has 1 aromatic heterocycles. The van der Waals surface area contributed by atoms with Gasteiger partial charge in [-0.25, -0.2) is 0 Å². The Morgan fingerprint density at radius 1 is 1.22 bits per heavy atom. The number of carbonyl (C=O) groups is 1. The van der Waals surface area contributed by atoms with Crippen molar-refractivity contribution in [2.45, 2.75) is 17.0 Å². The number of rotatable bonds is 8. The molecule has 1 heterocycles. The van der Waals surface area contributed by atoms with E-state index in [1.165, 1.54) is 11.8 Å². The maximum absolute atomic E-state index is 12.3. The van der Waals surface area contributed by atoms with Crippen LogP contribution in [0.5, 0.6) is 5.75 Å². The van der Waals surface area contributed by atoms with Crippen molar-refractivity contribution in [3.63, 3.8) is 0 Å². The Morgan fingerprint density at radius 3 is 2.89 bits per heavy atom. The van der Waals surface area contributed by atoms with Crippen molar-refractivity contribution in [2.24, 2.45) is 0 Å². The first kappa shape index (κ1) is 19.2. The summed E-state index contributed by atoms with van der Waals surface area (Å²) in [6.45, 7) is 2.46. The van der Waals surface area contributed by atoms with Gasteiger partial charge in [-0.1, -0.05) is 30.0 Å². The van der Waals surface area contributed by atoms with Crippen molar-refractivity contribution >= 4 is 35.1 Å². The van der Waals surface area contributed by atoms with E-state index in [-0.39, 0.29) is 11.7 Å². The van der Waals surface area contributed by atoms with E-state index in [1.54, 1.807) is 16.4 Å². The minimum absolute atomic E-state index is 0.120. The summed E-state index contributed by atoms with van der Waals surface area (Å²) >= 11 is 2.89. The fraction of sp³-hybridized carbons (Fsp3) is 0.222. The summed E-state index contributed by atoms with van der Waals surface area (Å²) in [6, 6.07) is 15.2. The summed E-state index contributed by atoms with van der Waals surface area (Å²) < 4.78 is 7.22. The highest BCUT2D eigenvalue weighted by molar-refractivity contribution is 7.99. The molecule has 27 heavy (non-hydrogen) atoms. The Hall–Kier alpha value is -2.52. The molecular formula is C18H19N5O2S2. The molecule has 0 spiro atoms. The molecule has 0 bridgehead atoms. The van der Waals surface area contributed by atoms with E-state index in [9.17, 15) is 4.79 Å². The molecule has 7 nitrogen and oxygen atoms in total. The number of anilines is 1. The van der Waals surface area contributed by atoms with Crippen LogP contribution >= 0.6 is 23.5 Å². The number of nitrogens with one attached hydrogen (secondary N) is 1. The van der Waals surface area contributed by atoms with E-state index >= 15 is 0 Å². The van der Waals surface area contributed by atoms with Crippen molar-refractivity contribution in [2.75, 3.05) is 23.9 Å². The molecule has 0 fully saturated rings. The number of benzene rings is 2. The first-order valence-corrected chi connectivity index (χ1v) is 10.5. The van der Waals surface area contributed by atoms with Crippen LogP contribution in [-0.2, 0) is 4.79 Å². The van der Waals surface area contributed by atoms with E-state index in [1.807, 2.05) is 61.7 Å². The van der Waals surface area contributed by atoms with Crippen LogP contribution in [0.4, 0.5) is 5.69 Å². The van der Waals surface area contributed by atoms with Crippen LogP contribution in [0.25, 0.3) is 5.69 Å². The topological polar surface area (TPSA) is 81.9 Å². The first-order valence-electron chi connectivity index (χ1n) is 8.28. The lowest BCUT2D eigenvalue weighted by Crippen LogP contribution is -2.14. The number of aromatic nitrogens is 4.